The molecule has 0 bridgehead atoms. The van der Waals surface area contributed by atoms with Crippen molar-refractivity contribution in [2.45, 2.75) is 58.7 Å². The van der Waals surface area contributed by atoms with Gasteiger partial charge in [0.1, 0.15) is 5.82 Å². The third-order valence-corrected chi connectivity index (χ3v) is 12.5. The molecule has 0 unspecified atom stereocenters. The Kier molecular flexibility index (Phi) is 10.2. The van der Waals surface area contributed by atoms with Crippen LogP contribution in [0.5, 0.6) is 0 Å². The zero-order valence-corrected chi connectivity index (χ0v) is 38.3. The number of aromatic nitrogens is 4. The second-order valence-corrected chi connectivity index (χ2v) is 18.0. The molecule has 11 rings (SSSR count). The molecular weight excluding hydrogens is 952 g/mol. The Hall–Kier alpha value is -6.39. The molecule has 0 aliphatic carbocycles. The first-order valence-electron chi connectivity index (χ1n) is 21.5. The number of pyridine rings is 1. The second-order valence-electron chi connectivity index (χ2n) is 18.0. The van der Waals surface area contributed by atoms with Crippen LogP contribution in [0.2, 0.25) is 0 Å². The summed E-state index contributed by atoms with van der Waals surface area (Å²) < 4.78 is 12.8. The Balaban J connectivity index is 0.00000471. The van der Waals surface area contributed by atoms with Gasteiger partial charge >= 0.3 is 0 Å². The zero-order valence-electron chi connectivity index (χ0n) is 36.0. The predicted octanol–water partition coefficient (Wildman–Crippen LogP) is 12.8. The molecule has 10 aromatic rings. The van der Waals surface area contributed by atoms with E-state index in [1.165, 1.54) is 22.1 Å². The molecule has 0 N–H and O–H groups in total. The zero-order chi connectivity index (χ0) is 42.2. The Morgan fingerprint density at radius 3 is 2.22 bits per heavy atom. The first-order valence-corrected chi connectivity index (χ1v) is 21.5. The molecule has 0 saturated heterocycles. The van der Waals surface area contributed by atoms with Crippen molar-refractivity contribution in [2.75, 3.05) is 0 Å². The van der Waals surface area contributed by atoms with Gasteiger partial charge in [-0.2, -0.15) is 53.6 Å². The van der Waals surface area contributed by atoms with Crippen molar-refractivity contribution in [1.29, 1.82) is 0 Å². The van der Waals surface area contributed by atoms with Gasteiger partial charge < -0.3 is 13.9 Å². The number of hydrogen-bond acceptors (Lipinski definition) is 2. The van der Waals surface area contributed by atoms with Gasteiger partial charge in [-0.25, -0.2) is 4.98 Å². The minimum absolute atomic E-state index is 0. The first-order chi connectivity index (χ1) is 30.1. The van der Waals surface area contributed by atoms with E-state index in [9.17, 15) is 0 Å². The number of fused-ring (bicyclic) bond motifs is 5. The van der Waals surface area contributed by atoms with Crippen LogP contribution in [0, 0.1) is 18.5 Å². The molecule has 7 aromatic carbocycles. The average Bonchev–Trinajstić information content (AvgIpc) is 3.94. The third-order valence-electron chi connectivity index (χ3n) is 12.5. The van der Waals surface area contributed by atoms with Crippen molar-refractivity contribution in [3.05, 3.63) is 210 Å². The fourth-order valence-electron chi connectivity index (χ4n) is 9.45. The van der Waals surface area contributed by atoms with Crippen molar-refractivity contribution < 1.29 is 30.4 Å². The SMILES string of the molecule is CC(C)(C)c1ccccc1-c1cccc(-c2ccccc2)c1-[n+]1[c-]n(-c2[c-]c(Cc3[c-]c4c(cc3)c3ccccc3n4-c3cc4c(cn3)COC4(C)C)ccc2)c2ccccc21.[Pt]. The van der Waals surface area contributed by atoms with E-state index in [1.807, 2.05) is 6.20 Å². The Labute approximate surface area is 383 Å². The van der Waals surface area contributed by atoms with Crippen LogP contribution in [0.15, 0.2) is 164 Å². The molecule has 0 radical (unpaired) electrons. The topological polar surface area (TPSA) is 35.9 Å². The largest absolute Gasteiger partial charge is 0.366 e. The van der Waals surface area contributed by atoms with Crippen LogP contribution < -0.4 is 4.57 Å². The summed E-state index contributed by atoms with van der Waals surface area (Å²) >= 11 is 0. The molecule has 6 heteroatoms. The fraction of sp³-hybridized carbons (Fsp3) is 0.158. The minimum Gasteiger partial charge on any atom is -0.366 e. The van der Waals surface area contributed by atoms with Crippen molar-refractivity contribution in [2.24, 2.45) is 0 Å². The average molecular weight is 998 g/mol. The maximum atomic E-state index is 6.13. The number of nitrogens with zero attached hydrogens (tertiary/aromatic N) is 4. The van der Waals surface area contributed by atoms with E-state index in [1.54, 1.807) is 0 Å². The van der Waals surface area contributed by atoms with Gasteiger partial charge in [0, 0.05) is 38.3 Å². The van der Waals surface area contributed by atoms with Crippen LogP contribution in [0.25, 0.3) is 72.3 Å². The molecule has 1 aliphatic heterocycles. The molecule has 312 valence electrons. The normalized spacial score (nSPS) is 13.4. The van der Waals surface area contributed by atoms with Crippen LogP contribution in [-0.4, -0.2) is 14.1 Å². The van der Waals surface area contributed by atoms with Gasteiger partial charge in [-0.05, 0) is 82.3 Å². The van der Waals surface area contributed by atoms with Crippen molar-refractivity contribution in [3.8, 4) is 39.4 Å². The van der Waals surface area contributed by atoms with E-state index in [0.717, 1.165) is 78.0 Å². The summed E-state index contributed by atoms with van der Waals surface area (Å²) in [5.74, 6) is 0.873. The quantitative estimate of drug-likeness (QED) is 0.118. The Morgan fingerprint density at radius 2 is 1.38 bits per heavy atom. The smallest absolute Gasteiger partial charge is 0.268 e. The molecule has 0 amide bonds. The van der Waals surface area contributed by atoms with Crippen LogP contribution >= 0.6 is 0 Å². The number of ether oxygens (including phenoxy) is 1. The summed E-state index contributed by atoms with van der Waals surface area (Å²) in [6.07, 6.45) is 6.49. The second kappa shape index (κ2) is 15.8. The fourth-order valence-corrected chi connectivity index (χ4v) is 9.45. The molecule has 0 atom stereocenters. The molecule has 5 nitrogen and oxygen atoms in total. The molecule has 0 fully saturated rings. The van der Waals surface area contributed by atoms with Gasteiger partial charge in [-0.15, -0.1) is 5.39 Å². The number of para-hydroxylation sites is 4. The minimum atomic E-state index is -0.367. The molecule has 4 heterocycles. The summed E-state index contributed by atoms with van der Waals surface area (Å²) in [6, 6.07) is 64.1. The molecule has 0 spiro atoms. The van der Waals surface area contributed by atoms with Crippen LogP contribution in [0.3, 0.4) is 0 Å². The van der Waals surface area contributed by atoms with E-state index in [4.69, 9.17) is 9.72 Å². The van der Waals surface area contributed by atoms with Gasteiger partial charge in [0.2, 0.25) is 0 Å². The summed E-state index contributed by atoms with van der Waals surface area (Å²) in [7, 11) is 0. The van der Waals surface area contributed by atoms with E-state index < -0.39 is 0 Å². The monoisotopic (exact) mass is 997 g/mol. The van der Waals surface area contributed by atoms with Gasteiger partial charge in [-0.1, -0.05) is 142 Å². The van der Waals surface area contributed by atoms with Crippen LogP contribution in [0.1, 0.15) is 62.4 Å². The summed E-state index contributed by atoms with van der Waals surface area (Å²) in [5, 5.41) is 2.33. The Morgan fingerprint density at radius 1 is 0.683 bits per heavy atom. The van der Waals surface area contributed by atoms with Crippen molar-refractivity contribution in [1.82, 2.24) is 14.1 Å². The molecular formula is C57H46N4OPt-2. The maximum absolute atomic E-state index is 6.13. The van der Waals surface area contributed by atoms with Crippen molar-refractivity contribution in [3.63, 3.8) is 0 Å². The summed E-state index contributed by atoms with van der Waals surface area (Å²) in [5.41, 5.74) is 16.3. The first kappa shape index (κ1) is 40.7. The van der Waals surface area contributed by atoms with E-state index >= 15 is 0 Å². The van der Waals surface area contributed by atoms with Crippen LogP contribution in [0.4, 0.5) is 0 Å². The molecule has 63 heavy (non-hydrogen) atoms. The Bertz CT molecular complexity index is 3350. The van der Waals surface area contributed by atoms with Gasteiger partial charge in [0.15, 0.2) is 0 Å². The van der Waals surface area contributed by atoms with Crippen molar-refractivity contribution >= 4 is 32.8 Å². The van der Waals surface area contributed by atoms with E-state index in [-0.39, 0.29) is 32.1 Å². The van der Waals surface area contributed by atoms with E-state index in [2.05, 4.69) is 225 Å². The van der Waals surface area contributed by atoms with Gasteiger partial charge in [-0.3, -0.25) is 4.57 Å². The van der Waals surface area contributed by atoms with Gasteiger partial charge in [0.05, 0.1) is 28.9 Å². The number of hydrogen-bond donors (Lipinski definition) is 0. The molecule has 0 saturated carbocycles. The molecule has 1 aliphatic rings. The number of benzene rings is 7. The van der Waals surface area contributed by atoms with Crippen LogP contribution in [-0.2, 0) is 49.8 Å². The number of rotatable bonds is 7. The third kappa shape index (κ3) is 7.05. The predicted molar refractivity (Wildman–Crippen MR) is 250 cm³/mol. The summed E-state index contributed by atoms with van der Waals surface area (Å²) in [4.78, 5) is 4.97. The standard InChI is InChI=1S/C57H46N4O.Pt/c1-56(2,3)48-25-11-9-21-44(48)47-24-16-23-43(40-18-7-6-8-19-40)55(47)60-37-59(51-27-13-14-28-52(51)60)42-20-15-17-38(32-42)31-39-29-30-46-45-22-10-12-26-50(45)61(53(46)33-39)54-34-49-41(35-58-54)36-62-57(49,4)5;/h6-30,34-35H,31,36H2,1-5H3;/q-2;. The molecule has 3 aromatic heterocycles. The number of imidazole rings is 1. The van der Waals surface area contributed by atoms with E-state index in [0.29, 0.717) is 13.0 Å². The maximum Gasteiger partial charge on any atom is 0.268 e. The summed E-state index contributed by atoms with van der Waals surface area (Å²) in [6.45, 7) is 11.7. The van der Waals surface area contributed by atoms with Gasteiger partial charge in [0.25, 0.3) is 6.33 Å².